The molecule has 0 saturated heterocycles. The van der Waals surface area contributed by atoms with Gasteiger partial charge in [0.25, 0.3) is 0 Å². The number of nitrogens with zero attached hydrogens (tertiary/aromatic N) is 4. The number of pyridine rings is 1. The molecule has 0 fully saturated rings. The Morgan fingerprint density at radius 2 is 2.09 bits per heavy atom. The van der Waals surface area contributed by atoms with Crippen molar-refractivity contribution in [3.8, 4) is 11.7 Å². The van der Waals surface area contributed by atoms with Crippen LogP contribution in [-0.2, 0) is 6.61 Å². The van der Waals surface area contributed by atoms with Gasteiger partial charge in [-0.05, 0) is 18.2 Å². The Kier molecular flexibility index (Phi) is 3.05. The molecule has 22 heavy (non-hydrogen) atoms. The number of nitrogens with one attached hydrogen (secondary N) is 1. The number of aromatic nitrogens is 5. The molecule has 0 aliphatic heterocycles. The van der Waals surface area contributed by atoms with E-state index in [1.54, 1.807) is 17.1 Å². The normalized spacial score (nSPS) is 10.9. The molecule has 0 radical (unpaired) electrons. The number of hydrogen-bond donors (Lipinski definition) is 1. The summed E-state index contributed by atoms with van der Waals surface area (Å²) >= 11 is 0. The first-order chi connectivity index (χ1) is 10.9. The number of benzene rings is 1. The predicted molar refractivity (Wildman–Crippen MR) is 81.8 cm³/mol. The molecule has 0 bridgehead atoms. The van der Waals surface area contributed by atoms with Gasteiger partial charge in [-0.2, -0.15) is 5.10 Å². The zero-order chi connectivity index (χ0) is 14.8. The van der Waals surface area contributed by atoms with Crippen molar-refractivity contribution < 1.29 is 4.74 Å². The number of H-pyrrole nitrogens is 1. The van der Waals surface area contributed by atoms with Crippen LogP contribution in [0.1, 0.15) is 5.56 Å². The van der Waals surface area contributed by atoms with Crippen LogP contribution in [0.2, 0.25) is 0 Å². The zero-order valence-corrected chi connectivity index (χ0v) is 11.7. The van der Waals surface area contributed by atoms with Crippen molar-refractivity contribution in [3.63, 3.8) is 0 Å². The van der Waals surface area contributed by atoms with Gasteiger partial charge in [-0.15, -0.1) is 5.10 Å². The van der Waals surface area contributed by atoms with Crippen LogP contribution in [0.3, 0.4) is 0 Å². The Labute approximate surface area is 126 Å². The minimum Gasteiger partial charge on any atom is -0.472 e. The quantitative estimate of drug-likeness (QED) is 0.627. The van der Waals surface area contributed by atoms with Crippen LogP contribution < -0.4 is 4.74 Å². The minimum absolute atomic E-state index is 0.441. The lowest BCUT2D eigenvalue weighted by molar-refractivity contribution is 0.293. The lowest BCUT2D eigenvalue weighted by Crippen LogP contribution is -2.00. The average Bonchev–Trinajstić information content (AvgIpc) is 3.23. The molecule has 1 aromatic carbocycles. The molecular formula is C16H13N5O. The second kappa shape index (κ2) is 5.33. The van der Waals surface area contributed by atoms with E-state index < -0.39 is 0 Å². The Morgan fingerprint density at radius 3 is 3.00 bits per heavy atom. The van der Waals surface area contributed by atoms with Crippen molar-refractivity contribution >= 4 is 10.9 Å². The Hall–Kier alpha value is -3.15. The van der Waals surface area contributed by atoms with Gasteiger partial charge in [0, 0.05) is 29.4 Å². The van der Waals surface area contributed by atoms with Gasteiger partial charge in [0.15, 0.2) is 5.82 Å². The Balaban J connectivity index is 1.53. The van der Waals surface area contributed by atoms with E-state index in [0.29, 0.717) is 12.5 Å². The fraction of sp³-hybridized carbons (Fsp3) is 0.0625. The van der Waals surface area contributed by atoms with Gasteiger partial charge in [-0.25, -0.2) is 9.67 Å². The molecule has 6 nitrogen and oxygen atoms in total. The molecule has 3 heterocycles. The first-order valence-corrected chi connectivity index (χ1v) is 6.91. The predicted octanol–water partition coefficient (Wildman–Crippen LogP) is 2.72. The van der Waals surface area contributed by atoms with Crippen molar-refractivity contribution in [1.29, 1.82) is 0 Å². The largest absolute Gasteiger partial charge is 0.472 e. The molecule has 6 heteroatoms. The highest BCUT2D eigenvalue weighted by atomic mass is 16.5. The van der Waals surface area contributed by atoms with Gasteiger partial charge in [-0.3, -0.25) is 5.10 Å². The van der Waals surface area contributed by atoms with Gasteiger partial charge in [0.05, 0.1) is 11.7 Å². The lowest BCUT2D eigenvalue weighted by atomic mass is 10.1. The third-order valence-corrected chi connectivity index (χ3v) is 3.40. The van der Waals surface area contributed by atoms with E-state index in [0.717, 1.165) is 22.3 Å². The molecule has 1 N–H and O–H groups in total. The van der Waals surface area contributed by atoms with Crippen LogP contribution in [0.15, 0.2) is 61.1 Å². The molecule has 0 atom stereocenters. The lowest BCUT2D eigenvalue weighted by Gasteiger charge is -2.04. The SMILES string of the molecule is c1ccc(-n2ccc(OCc3cccc4[nH]ncc34)n2)nc1. The van der Waals surface area contributed by atoms with Crippen molar-refractivity contribution in [2.24, 2.45) is 0 Å². The summed E-state index contributed by atoms with van der Waals surface area (Å²) in [6.07, 6.45) is 5.37. The van der Waals surface area contributed by atoms with Crippen LogP contribution in [0.5, 0.6) is 5.88 Å². The fourth-order valence-electron chi connectivity index (χ4n) is 2.31. The minimum atomic E-state index is 0.441. The van der Waals surface area contributed by atoms with E-state index in [4.69, 9.17) is 4.74 Å². The van der Waals surface area contributed by atoms with Gasteiger partial charge in [0.1, 0.15) is 6.61 Å². The summed E-state index contributed by atoms with van der Waals surface area (Å²) in [6.45, 7) is 0.441. The summed E-state index contributed by atoms with van der Waals surface area (Å²) < 4.78 is 7.46. The topological polar surface area (TPSA) is 68.6 Å². The number of hydrogen-bond acceptors (Lipinski definition) is 4. The highest BCUT2D eigenvalue weighted by Gasteiger charge is 2.06. The van der Waals surface area contributed by atoms with Crippen LogP contribution in [0, 0.1) is 0 Å². The molecule has 0 saturated carbocycles. The summed E-state index contributed by atoms with van der Waals surface area (Å²) in [5, 5.41) is 12.4. The second-order valence-corrected chi connectivity index (χ2v) is 4.82. The van der Waals surface area contributed by atoms with E-state index in [-0.39, 0.29) is 0 Å². The van der Waals surface area contributed by atoms with E-state index >= 15 is 0 Å². The molecule has 108 valence electrons. The summed E-state index contributed by atoms with van der Waals surface area (Å²) in [6, 6.07) is 13.5. The molecule has 4 rings (SSSR count). The molecule has 4 aromatic rings. The number of ether oxygens (including phenoxy) is 1. The van der Waals surface area contributed by atoms with Crippen LogP contribution in [-0.4, -0.2) is 25.0 Å². The van der Waals surface area contributed by atoms with Gasteiger partial charge in [0.2, 0.25) is 5.88 Å². The summed E-state index contributed by atoms with van der Waals surface area (Å²) in [5.41, 5.74) is 2.07. The molecule has 0 aliphatic rings. The van der Waals surface area contributed by atoms with E-state index in [2.05, 4.69) is 20.3 Å². The monoisotopic (exact) mass is 291 g/mol. The van der Waals surface area contributed by atoms with E-state index in [1.807, 2.05) is 48.7 Å². The first-order valence-electron chi connectivity index (χ1n) is 6.91. The second-order valence-electron chi connectivity index (χ2n) is 4.82. The Bertz CT molecular complexity index is 897. The third-order valence-electron chi connectivity index (χ3n) is 3.40. The Morgan fingerprint density at radius 1 is 1.09 bits per heavy atom. The van der Waals surface area contributed by atoms with Crippen LogP contribution in [0.4, 0.5) is 0 Å². The molecule has 0 unspecified atom stereocenters. The number of rotatable bonds is 4. The highest BCUT2D eigenvalue weighted by molar-refractivity contribution is 5.81. The molecule has 3 aromatic heterocycles. The summed E-state index contributed by atoms with van der Waals surface area (Å²) in [5.74, 6) is 1.32. The average molecular weight is 291 g/mol. The molecule has 0 amide bonds. The highest BCUT2D eigenvalue weighted by Crippen LogP contribution is 2.18. The van der Waals surface area contributed by atoms with Crippen LogP contribution in [0.25, 0.3) is 16.7 Å². The van der Waals surface area contributed by atoms with Crippen molar-refractivity contribution in [2.75, 3.05) is 0 Å². The molecule has 0 spiro atoms. The van der Waals surface area contributed by atoms with Crippen LogP contribution >= 0.6 is 0 Å². The maximum absolute atomic E-state index is 5.77. The third kappa shape index (κ3) is 2.31. The smallest absolute Gasteiger partial charge is 0.233 e. The van der Waals surface area contributed by atoms with Gasteiger partial charge >= 0.3 is 0 Å². The summed E-state index contributed by atoms with van der Waals surface area (Å²) in [4.78, 5) is 4.25. The molecule has 0 aliphatic carbocycles. The van der Waals surface area contributed by atoms with Crippen molar-refractivity contribution in [1.82, 2.24) is 25.0 Å². The maximum Gasteiger partial charge on any atom is 0.233 e. The zero-order valence-electron chi connectivity index (χ0n) is 11.7. The molecular weight excluding hydrogens is 278 g/mol. The number of fused-ring (bicyclic) bond motifs is 1. The van der Waals surface area contributed by atoms with E-state index in [9.17, 15) is 0 Å². The van der Waals surface area contributed by atoms with E-state index in [1.165, 1.54) is 0 Å². The van der Waals surface area contributed by atoms with Crippen molar-refractivity contribution in [2.45, 2.75) is 6.61 Å². The first kappa shape index (κ1) is 12.6. The number of aromatic amines is 1. The van der Waals surface area contributed by atoms with Gasteiger partial charge in [-0.1, -0.05) is 18.2 Å². The fourth-order valence-corrected chi connectivity index (χ4v) is 2.31. The summed E-state index contributed by atoms with van der Waals surface area (Å²) in [7, 11) is 0. The standard InChI is InChI=1S/C16H13N5O/c1-2-8-17-15(6-1)21-9-7-16(20-21)22-11-12-4-3-5-14-13(12)10-18-19-14/h1-10H,11H2,(H,18,19). The van der Waals surface area contributed by atoms with Crippen molar-refractivity contribution in [3.05, 3.63) is 66.6 Å². The maximum atomic E-state index is 5.77. The van der Waals surface area contributed by atoms with Gasteiger partial charge < -0.3 is 4.74 Å².